The van der Waals surface area contributed by atoms with Crippen molar-refractivity contribution in [3.8, 4) is 0 Å². The number of carbonyl (C=O) groups excluding carboxylic acids is 1. The number of nitrogens with one attached hydrogen (secondary N) is 1. The number of fused-ring (bicyclic) bond motifs is 1. The normalized spacial score (nSPS) is 17.5. The first kappa shape index (κ1) is 22.6. The molecule has 1 amide bonds. The Balaban J connectivity index is 1.47. The van der Waals surface area contributed by atoms with E-state index in [0.717, 1.165) is 61.6 Å². The molecule has 2 aliphatic heterocycles. The molecule has 34 heavy (non-hydrogen) atoms. The molecule has 178 valence electrons. The Labute approximate surface area is 202 Å². The van der Waals surface area contributed by atoms with E-state index in [-0.39, 0.29) is 5.91 Å². The molecule has 0 aliphatic carbocycles. The largest absolute Gasteiger partial charge is 0.380 e. The quantitative estimate of drug-likeness (QED) is 0.534. The van der Waals surface area contributed by atoms with Crippen LogP contribution in [0.4, 0.5) is 16.9 Å². The summed E-state index contributed by atoms with van der Waals surface area (Å²) in [6.45, 7) is 8.95. The molecule has 10 nitrogen and oxygen atoms in total. The van der Waals surface area contributed by atoms with Gasteiger partial charge in [0.2, 0.25) is 5.95 Å². The first-order valence-electron chi connectivity index (χ1n) is 11.6. The third-order valence-corrected chi connectivity index (χ3v) is 6.71. The van der Waals surface area contributed by atoms with E-state index in [2.05, 4.69) is 26.8 Å². The lowest BCUT2D eigenvalue weighted by atomic mass is 10.2. The summed E-state index contributed by atoms with van der Waals surface area (Å²) in [4.78, 5) is 34.4. The minimum atomic E-state index is -0.148. The van der Waals surface area contributed by atoms with Crippen LogP contribution in [0.1, 0.15) is 25.0 Å². The van der Waals surface area contributed by atoms with Gasteiger partial charge in [-0.15, -0.1) is 0 Å². The summed E-state index contributed by atoms with van der Waals surface area (Å²) in [6.07, 6.45) is 6.00. The molecule has 0 unspecified atom stereocenters. The van der Waals surface area contributed by atoms with E-state index in [1.807, 2.05) is 23.2 Å². The maximum atomic E-state index is 12.5. The van der Waals surface area contributed by atoms with Crippen LogP contribution in [-0.4, -0.2) is 75.1 Å². The topological polar surface area (TPSA) is 99.6 Å². The average Bonchev–Trinajstić information content (AvgIpc) is 3.09. The third-order valence-electron chi connectivity index (χ3n) is 5.81. The number of hydrogen-bond donors (Lipinski definition) is 1. The molecule has 3 aromatic heterocycles. The van der Waals surface area contributed by atoms with E-state index in [9.17, 15) is 4.79 Å². The van der Waals surface area contributed by atoms with E-state index >= 15 is 0 Å². The highest BCUT2D eigenvalue weighted by atomic mass is 32.1. The first-order valence-corrected chi connectivity index (χ1v) is 12.4. The smallest absolute Gasteiger partial charge is 0.264 e. The number of carbonyl (C=O) groups is 1. The molecule has 0 aromatic carbocycles. The van der Waals surface area contributed by atoms with Crippen LogP contribution in [-0.2, 0) is 16.1 Å². The summed E-state index contributed by atoms with van der Waals surface area (Å²) in [5.41, 5.74) is 1.72. The third kappa shape index (κ3) is 5.16. The summed E-state index contributed by atoms with van der Waals surface area (Å²) in [7, 11) is 0. The average molecular weight is 481 g/mol. The van der Waals surface area contributed by atoms with Gasteiger partial charge in [-0.2, -0.15) is 4.98 Å². The number of hydrogen-bond acceptors (Lipinski definition) is 10. The molecule has 5 heterocycles. The lowest BCUT2D eigenvalue weighted by Crippen LogP contribution is -2.51. The molecule has 2 fully saturated rings. The SMILES string of the molecule is C=CC(=O)N1CCCCN1c1nc(CN2CCCOCC2)cc(Nc2nc3cccnc3s2)n1. The minimum Gasteiger partial charge on any atom is -0.380 e. The van der Waals surface area contributed by atoms with E-state index in [0.29, 0.717) is 36.5 Å². The summed E-state index contributed by atoms with van der Waals surface area (Å²) in [5.74, 6) is 0.993. The molecular weight excluding hydrogens is 452 g/mol. The fourth-order valence-corrected chi connectivity index (χ4v) is 4.98. The van der Waals surface area contributed by atoms with Gasteiger partial charge in [-0.3, -0.25) is 9.69 Å². The summed E-state index contributed by atoms with van der Waals surface area (Å²) in [5, 5.41) is 7.61. The highest BCUT2D eigenvalue weighted by Crippen LogP contribution is 2.28. The van der Waals surface area contributed by atoms with Crippen LogP contribution < -0.4 is 10.3 Å². The van der Waals surface area contributed by atoms with Gasteiger partial charge in [0.15, 0.2) is 5.13 Å². The maximum Gasteiger partial charge on any atom is 0.264 e. The molecule has 0 saturated carbocycles. The van der Waals surface area contributed by atoms with Crippen LogP contribution >= 0.6 is 11.3 Å². The van der Waals surface area contributed by atoms with Crippen LogP contribution in [0.15, 0.2) is 37.1 Å². The molecule has 2 saturated heterocycles. The summed E-state index contributed by atoms with van der Waals surface area (Å²) >= 11 is 1.47. The number of amides is 1. The van der Waals surface area contributed by atoms with Gasteiger partial charge in [0.1, 0.15) is 16.2 Å². The molecule has 0 radical (unpaired) electrons. The highest BCUT2D eigenvalue weighted by molar-refractivity contribution is 7.21. The number of anilines is 3. The van der Waals surface area contributed by atoms with Crippen LogP contribution in [0, 0.1) is 0 Å². The van der Waals surface area contributed by atoms with Gasteiger partial charge in [0.05, 0.1) is 12.3 Å². The van der Waals surface area contributed by atoms with Crippen molar-refractivity contribution in [2.45, 2.75) is 25.8 Å². The second kappa shape index (κ2) is 10.4. The van der Waals surface area contributed by atoms with Gasteiger partial charge in [-0.05, 0) is 37.5 Å². The lowest BCUT2D eigenvalue weighted by molar-refractivity contribution is -0.127. The standard InChI is InChI=1S/C23H28N8O2S/c1-2-20(32)30-10-3-4-11-31(30)22-25-17(16-29-9-6-13-33-14-12-29)15-19(27-22)28-23-26-18-7-5-8-24-21(18)34-23/h2,5,7-8,15H,1,3-4,6,9-14,16H2,(H,25,26,27,28). The van der Waals surface area contributed by atoms with Gasteiger partial charge in [0.25, 0.3) is 5.91 Å². The number of ether oxygens (including phenoxy) is 1. The van der Waals surface area contributed by atoms with Crippen molar-refractivity contribution in [1.82, 2.24) is 29.8 Å². The highest BCUT2D eigenvalue weighted by Gasteiger charge is 2.26. The van der Waals surface area contributed by atoms with Gasteiger partial charge in [-0.25, -0.2) is 25.0 Å². The molecule has 0 atom stereocenters. The van der Waals surface area contributed by atoms with E-state index < -0.39 is 0 Å². The molecule has 1 N–H and O–H groups in total. The Morgan fingerprint density at radius 1 is 1.15 bits per heavy atom. The molecule has 3 aromatic rings. The van der Waals surface area contributed by atoms with Crippen LogP contribution in [0.25, 0.3) is 10.3 Å². The molecule has 2 aliphatic rings. The van der Waals surface area contributed by atoms with Crippen LogP contribution in [0.5, 0.6) is 0 Å². The molecular formula is C23H28N8O2S. The van der Waals surface area contributed by atoms with Crippen molar-refractivity contribution in [3.05, 3.63) is 42.7 Å². The second-order valence-corrected chi connectivity index (χ2v) is 9.23. The number of aromatic nitrogens is 4. The van der Waals surface area contributed by atoms with Crippen LogP contribution in [0.3, 0.4) is 0 Å². The Bertz CT molecular complexity index is 1130. The van der Waals surface area contributed by atoms with E-state index in [1.165, 1.54) is 17.4 Å². The molecule has 0 bridgehead atoms. The van der Waals surface area contributed by atoms with Crippen molar-refractivity contribution in [2.75, 3.05) is 49.7 Å². The first-order chi connectivity index (χ1) is 16.7. The zero-order valence-electron chi connectivity index (χ0n) is 19.0. The van der Waals surface area contributed by atoms with E-state index in [1.54, 1.807) is 11.2 Å². The zero-order chi connectivity index (χ0) is 23.3. The van der Waals surface area contributed by atoms with Gasteiger partial charge in [-0.1, -0.05) is 17.9 Å². The predicted molar refractivity (Wildman–Crippen MR) is 132 cm³/mol. The Morgan fingerprint density at radius 3 is 2.94 bits per heavy atom. The monoisotopic (exact) mass is 480 g/mol. The van der Waals surface area contributed by atoms with Crippen molar-refractivity contribution in [2.24, 2.45) is 0 Å². The number of rotatable bonds is 6. The number of hydrazine groups is 1. The molecule has 11 heteroatoms. The van der Waals surface area contributed by atoms with Crippen molar-refractivity contribution in [3.63, 3.8) is 0 Å². The van der Waals surface area contributed by atoms with Crippen molar-refractivity contribution < 1.29 is 9.53 Å². The summed E-state index contributed by atoms with van der Waals surface area (Å²) in [6, 6.07) is 5.77. The maximum absolute atomic E-state index is 12.5. The van der Waals surface area contributed by atoms with Crippen molar-refractivity contribution >= 4 is 44.5 Å². The fraction of sp³-hybridized carbons (Fsp3) is 0.435. The Hall–Kier alpha value is -3.15. The minimum absolute atomic E-state index is 0.148. The number of nitrogens with zero attached hydrogens (tertiary/aromatic N) is 7. The zero-order valence-corrected chi connectivity index (χ0v) is 19.8. The molecule has 5 rings (SSSR count). The number of pyridine rings is 1. The van der Waals surface area contributed by atoms with Crippen molar-refractivity contribution in [1.29, 1.82) is 0 Å². The van der Waals surface area contributed by atoms with Gasteiger partial charge in [0, 0.05) is 51.6 Å². The second-order valence-electron chi connectivity index (χ2n) is 8.25. The predicted octanol–water partition coefficient (Wildman–Crippen LogP) is 2.98. The van der Waals surface area contributed by atoms with Gasteiger partial charge >= 0.3 is 0 Å². The summed E-state index contributed by atoms with van der Waals surface area (Å²) < 4.78 is 5.60. The van der Waals surface area contributed by atoms with Gasteiger partial charge < -0.3 is 10.1 Å². The Kier molecular flexibility index (Phi) is 6.93. The Morgan fingerprint density at radius 2 is 2.06 bits per heavy atom. The fourth-order valence-electron chi connectivity index (χ4n) is 4.17. The number of thiazole rings is 1. The van der Waals surface area contributed by atoms with Crippen LogP contribution in [0.2, 0.25) is 0 Å². The van der Waals surface area contributed by atoms with E-state index in [4.69, 9.17) is 14.7 Å². The molecule has 0 spiro atoms. The lowest BCUT2D eigenvalue weighted by Gasteiger charge is -2.38.